The summed E-state index contributed by atoms with van der Waals surface area (Å²) in [6, 6.07) is 11.1. The van der Waals surface area contributed by atoms with E-state index >= 15 is 0 Å². The van der Waals surface area contributed by atoms with Crippen LogP contribution in [0, 0.1) is 0 Å². The van der Waals surface area contributed by atoms with Crippen LogP contribution in [0.25, 0.3) is 0 Å². The predicted molar refractivity (Wildman–Crippen MR) is 85.1 cm³/mol. The number of alkyl halides is 3. The average molecular weight is 373 g/mol. The van der Waals surface area contributed by atoms with Crippen molar-refractivity contribution >= 4 is 29.1 Å². The molecular weight excluding hydrogens is 361 g/mol. The van der Waals surface area contributed by atoms with Crippen molar-refractivity contribution in [1.29, 1.82) is 0 Å². The smallest absolute Gasteiger partial charge is 0.406 e. The lowest BCUT2D eigenvalue weighted by atomic mass is 10.2. The first-order valence-electron chi connectivity index (χ1n) is 6.92. The topological polar surface area (TPSA) is 67.4 Å². The van der Waals surface area contributed by atoms with Crippen LogP contribution in [0.5, 0.6) is 5.75 Å². The normalized spacial score (nSPS) is 10.9. The van der Waals surface area contributed by atoms with E-state index in [1.54, 1.807) is 24.3 Å². The quantitative estimate of drug-likeness (QED) is 0.807. The van der Waals surface area contributed by atoms with E-state index in [-0.39, 0.29) is 12.2 Å². The van der Waals surface area contributed by atoms with Crippen LogP contribution in [0.4, 0.5) is 18.9 Å². The fraction of sp³-hybridized carbons (Fsp3) is 0.125. The minimum absolute atomic E-state index is 0.127. The molecule has 0 aromatic heterocycles. The fourth-order valence-corrected chi connectivity index (χ4v) is 1.92. The van der Waals surface area contributed by atoms with Crippen LogP contribution >= 0.6 is 11.6 Å². The van der Waals surface area contributed by atoms with Crippen LogP contribution in [-0.4, -0.2) is 18.2 Å². The Labute approximate surface area is 145 Å². The zero-order valence-corrected chi connectivity index (χ0v) is 13.3. The number of carbonyl (C=O) groups excluding carboxylic acids is 2. The van der Waals surface area contributed by atoms with E-state index in [0.29, 0.717) is 5.02 Å². The Hall–Kier alpha value is -2.74. The van der Waals surface area contributed by atoms with Gasteiger partial charge < -0.3 is 15.4 Å². The van der Waals surface area contributed by atoms with Crippen molar-refractivity contribution in [2.24, 2.45) is 0 Å². The van der Waals surface area contributed by atoms with Crippen molar-refractivity contribution in [3.63, 3.8) is 0 Å². The summed E-state index contributed by atoms with van der Waals surface area (Å²) < 4.78 is 39.9. The number of halogens is 4. The molecule has 0 fully saturated rings. The Balaban J connectivity index is 1.86. The van der Waals surface area contributed by atoms with E-state index in [2.05, 4.69) is 15.4 Å². The second-order valence-electron chi connectivity index (χ2n) is 4.84. The summed E-state index contributed by atoms with van der Waals surface area (Å²) in [5.74, 6) is -2.26. The van der Waals surface area contributed by atoms with Crippen LogP contribution in [0.3, 0.4) is 0 Å². The van der Waals surface area contributed by atoms with Gasteiger partial charge in [0, 0.05) is 17.3 Å². The fourth-order valence-electron chi connectivity index (χ4n) is 1.79. The van der Waals surface area contributed by atoms with Crippen molar-refractivity contribution in [3.8, 4) is 5.75 Å². The number of amides is 2. The molecule has 2 N–H and O–H groups in total. The molecule has 9 heteroatoms. The average Bonchev–Trinajstić information content (AvgIpc) is 2.54. The lowest BCUT2D eigenvalue weighted by molar-refractivity contribution is -0.274. The van der Waals surface area contributed by atoms with Gasteiger partial charge in [-0.25, -0.2) is 0 Å². The molecular formula is C16H12ClF3N2O3. The van der Waals surface area contributed by atoms with Gasteiger partial charge in [0.2, 0.25) is 0 Å². The molecule has 0 saturated carbocycles. The van der Waals surface area contributed by atoms with Crippen molar-refractivity contribution < 1.29 is 27.5 Å². The molecule has 0 saturated heterocycles. The third-order valence-electron chi connectivity index (χ3n) is 2.92. The number of rotatable bonds is 4. The van der Waals surface area contributed by atoms with E-state index in [1.807, 2.05) is 0 Å². The molecule has 0 radical (unpaired) electrons. The van der Waals surface area contributed by atoms with Crippen molar-refractivity contribution in [3.05, 3.63) is 59.1 Å². The number of hydrogen-bond acceptors (Lipinski definition) is 3. The molecule has 25 heavy (non-hydrogen) atoms. The van der Waals surface area contributed by atoms with Crippen LogP contribution in [-0.2, 0) is 16.1 Å². The molecule has 0 atom stereocenters. The summed E-state index contributed by atoms with van der Waals surface area (Å²) in [5, 5.41) is 5.23. The van der Waals surface area contributed by atoms with Gasteiger partial charge in [-0.3, -0.25) is 9.59 Å². The molecule has 0 spiro atoms. The van der Waals surface area contributed by atoms with Crippen LogP contribution in [0.2, 0.25) is 5.02 Å². The van der Waals surface area contributed by atoms with Gasteiger partial charge in [0.05, 0.1) is 0 Å². The van der Waals surface area contributed by atoms with Gasteiger partial charge >= 0.3 is 18.2 Å². The highest BCUT2D eigenvalue weighted by Gasteiger charge is 2.31. The third kappa shape index (κ3) is 6.34. The zero-order valence-electron chi connectivity index (χ0n) is 12.6. The Morgan fingerprint density at radius 1 is 0.960 bits per heavy atom. The predicted octanol–water partition coefficient (Wildman–Crippen LogP) is 3.49. The maximum absolute atomic E-state index is 12.1. The SMILES string of the molecule is O=C(NCc1ccc(Cl)cc1)C(=O)Nc1ccc(OC(F)(F)F)cc1. The highest BCUT2D eigenvalue weighted by atomic mass is 35.5. The minimum atomic E-state index is -4.80. The van der Waals surface area contributed by atoms with Gasteiger partial charge in [-0.2, -0.15) is 0 Å². The molecule has 2 amide bonds. The Bertz CT molecular complexity index is 747. The zero-order chi connectivity index (χ0) is 18.4. The first-order valence-corrected chi connectivity index (χ1v) is 7.30. The first kappa shape index (κ1) is 18.6. The number of nitrogens with one attached hydrogen (secondary N) is 2. The van der Waals surface area contributed by atoms with Gasteiger partial charge in [0.25, 0.3) is 0 Å². The monoisotopic (exact) mass is 372 g/mol. The molecule has 0 aliphatic rings. The lowest BCUT2D eigenvalue weighted by Gasteiger charge is -2.10. The summed E-state index contributed by atoms with van der Waals surface area (Å²) in [7, 11) is 0. The largest absolute Gasteiger partial charge is 0.573 e. The number of anilines is 1. The second-order valence-corrected chi connectivity index (χ2v) is 5.27. The number of ether oxygens (including phenoxy) is 1. The van der Waals surface area contributed by atoms with Crippen LogP contribution in [0.15, 0.2) is 48.5 Å². The van der Waals surface area contributed by atoms with Gasteiger partial charge in [0.15, 0.2) is 0 Å². The standard InChI is InChI=1S/C16H12ClF3N2O3/c17-11-3-1-10(2-4-11)9-21-14(23)15(24)22-12-5-7-13(8-6-12)25-16(18,19)20/h1-8H,9H2,(H,21,23)(H,22,24). The maximum atomic E-state index is 12.1. The molecule has 5 nitrogen and oxygen atoms in total. The number of hydrogen-bond donors (Lipinski definition) is 2. The summed E-state index contributed by atoms with van der Waals surface area (Å²) in [4.78, 5) is 23.5. The van der Waals surface area contributed by atoms with Crippen LogP contribution < -0.4 is 15.4 Å². The maximum Gasteiger partial charge on any atom is 0.573 e. The Morgan fingerprint density at radius 2 is 1.56 bits per heavy atom. The molecule has 2 aromatic rings. The third-order valence-corrected chi connectivity index (χ3v) is 3.17. The summed E-state index contributed by atoms with van der Waals surface area (Å²) in [6.45, 7) is 0.127. The molecule has 0 heterocycles. The molecule has 2 aromatic carbocycles. The summed E-state index contributed by atoms with van der Waals surface area (Å²) in [6.07, 6.45) is -4.80. The second kappa shape index (κ2) is 7.89. The highest BCUT2D eigenvalue weighted by molar-refractivity contribution is 6.39. The molecule has 0 unspecified atom stereocenters. The van der Waals surface area contributed by atoms with E-state index in [4.69, 9.17) is 11.6 Å². The molecule has 2 rings (SSSR count). The number of benzene rings is 2. The van der Waals surface area contributed by atoms with Crippen LogP contribution in [0.1, 0.15) is 5.56 Å². The van der Waals surface area contributed by atoms with E-state index < -0.39 is 23.9 Å². The van der Waals surface area contributed by atoms with E-state index in [1.165, 1.54) is 12.1 Å². The van der Waals surface area contributed by atoms with Gasteiger partial charge in [-0.05, 0) is 42.0 Å². The van der Waals surface area contributed by atoms with Gasteiger partial charge in [0.1, 0.15) is 5.75 Å². The molecule has 132 valence electrons. The van der Waals surface area contributed by atoms with E-state index in [9.17, 15) is 22.8 Å². The minimum Gasteiger partial charge on any atom is -0.406 e. The van der Waals surface area contributed by atoms with Crippen molar-refractivity contribution in [1.82, 2.24) is 5.32 Å². The Morgan fingerprint density at radius 3 is 2.12 bits per heavy atom. The summed E-state index contributed by atoms with van der Waals surface area (Å²) >= 11 is 5.74. The van der Waals surface area contributed by atoms with Crippen molar-refractivity contribution in [2.45, 2.75) is 12.9 Å². The molecule has 0 bridgehead atoms. The molecule has 0 aliphatic carbocycles. The highest BCUT2D eigenvalue weighted by Crippen LogP contribution is 2.23. The first-order chi connectivity index (χ1) is 11.7. The van der Waals surface area contributed by atoms with Crippen molar-refractivity contribution in [2.75, 3.05) is 5.32 Å². The van der Waals surface area contributed by atoms with Gasteiger partial charge in [-0.15, -0.1) is 13.2 Å². The van der Waals surface area contributed by atoms with E-state index in [0.717, 1.165) is 17.7 Å². The summed E-state index contributed by atoms with van der Waals surface area (Å²) in [5.41, 5.74) is 0.903. The number of carbonyl (C=O) groups is 2. The van der Waals surface area contributed by atoms with Gasteiger partial charge in [-0.1, -0.05) is 23.7 Å². The Kier molecular flexibility index (Phi) is 5.87. The molecule has 0 aliphatic heterocycles. The lowest BCUT2D eigenvalue weighted by Crippen LogP contribution is -2.34.